The minimum atomic E-state index is -0.257. The van der Waals surface area contributed by atoms with Crippen molar-refractivity contribution in [3.05, 3.63) is 54.1 Å². The zero-order valence-corrected chi connectivity index (χ0v) is 13.3. The molecule has 0 saturated heterocycles. The first kappa shape index (κ1) is 16.5. The van der Waals surface area contributed by atoms with Crippen LogP contribution in [0.5, 0.6) is 5.75 Å². The Morgan fingerprint density at radius 1 is 0.957 bits per heavy atom. The van der Waals surface area contributed by atoms with Gasteiger partial charge in [-0.2, -0.15) is 0 Å². The van der Waals surface area contributed by atoms with Crippen LogP contribution >= 0.6 is 0 Å². The Labute approximate surface area is 135 Å². The van der Waals surface area contributed by atoms with Gasteiger partial charge in [0.25, 0.3) is 5.91 Å². The van der Waals surface area contributed by atoms with E-state index in [0.717, 1.165) is 5.56 Å². The van der Waals surface area contributed by atoms with Crippen LogP contribution in [-0.4, -0.2) is 18.4 Å². The fourth-order valence-electron chi connectivity index (χ4n) is 1.98. The second-order valence-corrected chi connectivity index (χ2v) is 5.08. The fourth-order valence-corrected chi connectivity index (χ4v) is 1.98. The summed E-state index contributed by atoms with van der Waals surface area (Å²) in [6.07, 6.45) is 0.404. The van der Waals surface area contributed by atoms with Gasteiger partial charge in [-0.15, -0.1) is 0 Å². The summed E-state index contributed by atoms with van der Waals surface area (Å²) in [6.45, 7) is 3.63. The molecule has 0 aliphatic heterocycles. The number of rotatable bonds is 6. The van der Waals surface area contributed by atoms with Gasteiger partial charge in [-0.25, -0.2) is 0 Å². The van der Waals surface area contributed by atoms with Crippen molar-refractivity contribution in [3.8, 4) is 5.75 Å². The molecule has 2 aromatic carbocycles. The molecule has 0 radical (unpaired) electrons. The maximum absolute atomic E-state index is 12.0. The number of para-hydroxylation sites is 1. The van der Waals surface area contributed by atoms with Gasteiger partial charge in [0.2, 0.25) is 5.91 Å². The minimum absolute atomic E-state index is 0.0728. The Kier molecular flexibility index (Phi) is 5.74. The van der Waals surface area contributed by atoms with Gasteiger partial charge in [0.1, 0.15) is 5.75 Å². The number of carbonyl (C=O) groups is 2. The molecule has 23 heavy (non-hydrogen) atoms. The average molecular weight is 312 g/mol. The summed E-state index contributed by atoms with van der Waals surface area (Å²) < 4.78 is 5.50. The molecular weight excluding hydrogens is 292 g/mol. The van der Waals surface area contributed by atoms with Crippen LogP contribution in [0, 0.1) is 6.92 Å². The summed E-state index contributed by atoms with van der Waals surface area (Å²) >= 11 is 0. The Bertz CT molecular complexity index is 698. The second-order valence-electron chi connectivity index (χ2n) is 5.08. The maximum atomic E-state index is 12.0. The molecule has 2 N–H and O–H groups in total. The van der Waals surface area contributed by atoms with E-state index in [2.05, 4.69) is 10.6 Å². The lowest BCUT2D eigenvalue weighted by molar-refractivity contribution is -0.118. The van der Waals surface area contributed by atoms with E-state index in [1.54, 1.807) is 31.2 Å². The van der Waals surface area contributed by atoms with Gasteiger partial charge in [-0.1, -0.05) is 31.2 Å². The molecule has 2 aromatic rings. The molecule has 0 fully saturated rings. The molecule has 0 aromatic heterocycles. The molecule has 120 valence electrons. The number of carbonyl (C=O) groups excluding carboxylic acids is 2. The van der Waals surface area contributed by atoms with E-state index in [1.807, 2.05) is 31.2 Å². The van der Waals surface area contributed by atoms with E-state index in [0.29, 0.717) is 23.5 Å². The molecule has 2 rings (SSSR count). The van der Waals surface area contributed by atoms with E-state index < -0.39 is 0 Å². The number of anilines is 2. The van der Waals surface area contributed by atoms with Crippen molar-refractivity contribution < 1.29 is 14.3 Å². The smallest absolute Gasteiger partial charge is 0.262 e. The van der Waals surface area contributed by atoms with Crippen LogP contribution in [0.25, 0.3) is 0 Å². The summed E-state index contributed by atoms with van der Waals surface area (Å²) in [4.78, 5) is 23.4. The highest BCUT2D eigenvalue weighted by molar-refractivity contribution is 5.94. The van der Waals surface area contributed by atoms with Crippen molar-refractivity contribution in [1.29, 1.82) is 0 Å². The van der Waals surface area contributed by atoms with Crippen molar-refractivity contribution in [2.45, 2.75) is 20.3 Å². The van der Waals surface area contributed by atoms with Gasteiger partial charge >= 0.3 is 0 Å². The maximum Gasteiger partial charge on any atom is 0.262 e. The third-order valence-electron chi connectivity index (χ3n) is 3.20. The lowest BCUT2D eigenvalue weighted by atomic mass is 10.2. The number of aryl methyl sites for hydroxylation is 1. The van der Waals surface area contributed by atoms with Crippen LogP contribution in [0.4, 0.5) is 11.4 Å². The summed E-state index contributed by atoms with van der Waals surface area (Å²) in [7, 11) is 0. The molecule has 0 aliphatic rings. The van der Waals surface area contributed by atoms with Crippen LogP contribution < -0.4 is 15.4 Å². The SMILES string of the molecule is CCC(=O)Nc1cccc(NC(=O)COc2ccccc2C)c1. The first-order valence-corrected chi connectivity index (χ1v) is 7.46. The van der Waals surface area contributed by atoms with Gasteiger partial charge in [0.15, 0.2) is 6.61 Å². The predicted octanol–water partition coefficient (Wildman–Crippen LogP) is 3.36. The van der Waals surface area contributed by atoms with E-state index in [9.17, 15) is 9.59 Å². The fraction of sp³-hybridized carbons (Fsp3) is 0.222. The highest BCUT2D eigenvalue weighted by Crippen LogP contribution is 2.17. The Hall–Kier alpha value is -2.82. The van der Waals surface area contributed by atoms with Crippen molar-refractivity contribution in [1.82, 2.24) is 0 Å². The van der Waals surface area contributed by atoms with E-state index in [-0.39, 0.29) is 18.4 Å². The quantitative estimate of drug-likeness (QED) is 0.859. The number of benzene rings is 2. The highest BCUT2D eigenvalue weighted by Gasteiger charge is 2.06. The van der Waals surface area contributed by atoms with Crippen molar-refractivity contribution in [2.24, 2.45) is 0 Å². The summed E-state index contributed by atoms with van der Waals surface area (Å²) in [5.74, 6) is 0.357. The van der Waals surface area contributed by atoms with Crippen molar-refractivity contribution in [2.75, 3.05) is 17.2 Å². The largest absolute Gasteiger partial charge is 0.483 e. The van der Waals surface area contributed by atoms with Crippen LogP contribution in [0.1, 0.15) is 18.9 Å². The summed E-state index contributed by atoms with van der Waals surface area (Å²) in [5.41, 5.74) is 2.23. The second kappa shape index (κ2) is 7.98. The standard InChI is InChI=1S/C18H20N2O3/c1-3-17(21)19-14-8-6-9-15(11-14)20-18(22)12-23-16-10-5-4-7-13(16)2/h4-11H,3,12H2,1-2H3,(H,19,21)(H,20,22). The predicted molar refractivity (Wildman–Crippen MR) is 90.7 cm³/mol. The van der Waals surface area contributed by atoms with Crippen LogP contribution in [0.3, 0.4) is 0 Å². The third kappa shape index (κ3) is 5.14. The number of hydrogen-bond acceptors (Lipinski definition) is 3. The molecule has 2 amide bonds. The number of hydrogen-bond donors (Lipinski definition) is 2. The van der Waals surface area contributed by atoms with E-state index in [1.165, 1.54) is 0 Å². The molecule has 0 bridgehead atoms. The van der Waals surface area contributed by atoms with Crippen molar-refractivity contribution in [3.63, 3.8) is 0 Å². The Morgan fingerprint density at radius 3 is 2.26 bits per heavy atom. The highest BCUT2D eigenvalue weighted by atomic mass is 16.5. The lowest BCUT2D eigenvalue weighted by Crippen LogP contribution is -2.20. The van der Waals surface area contributed by atoms with Gasteiger partial charge in [0, 0.05) is 17.8 Å². The van der Waals surface area contributed by atoms with E-state index >= 15 is 0 Å². The number of ether oxygens (including phenoxy) is 1. The monoisotopic (exact) mass is 312 g/mol. The van der Waals surface area contributed by atoms with Gasteiger partial charge < -0.3 is 15.4 Å². The lowest BCUT2D eigenvalue weighted by Gasteiger charge is -2.10. The van der Waals surface area contributed by atoms with Crippen LogP contribution in [-0.2, 0) is 9.59 Å². The van der Waals surface area contributed by atoms with Crippen LogP contribution in [0.2, 0.25) is 0 Å². The number of nitrogens with one attached hydrogen (secondary N) is 2. The van der Waals surface area contributed by atoms with Crippen molar-refractivity contribution >= 4 is 23.2 Å². The van der Waals surface area contributed by atoms with Gasteiger partial charge in [-0.3, -0.25) is 9.59 Å². The van der Waals surface area contributed by atoms with Gasteiger partial charge in [0.05, 0.1) is 0 Å². The third-order valence-corrected chi connectivity index (χ3v) is 3.20. The Morgan fingerprint density at radius 2 is 1.61 bits per heavy atom. The molecule has 0 unspecified atom stereocenters. The van der Waals surface area contributed by atoms with E-state index in [4.69, 9.17) is 4.74 Å². The molecule has 0 saturated carbocycles. The zero-order chi connectivity index (χ0) is 16.7. The topological polar surface area (TPSA) is 67.4 Å². The summed E-state index contributed by atoms with van der Waals surface area (Å²) in [6, 6.07) is 14.5. The molecule has 5 heteroatoms. The minimum Gasteiger partial charge on any atom is -0.483 e. The number of amides is 2. The molecule has 5 nitrogen and oxygen atoms in total. The normalized spacial score (nSPS) is 10.0. The average Bonchev–Trinajstić information content (AvgIpc) is 2.54. The Balaban J connectivity index is 1.91. The summed E-state index contributed by atoms with van der Waals surface area (Å²) in [5, 5.41) is 5.50. The first-order chi connectivity index (χ1) is 11.1. The molecule has 0 spiro atoms. The molecule has 0 aliphatic carbocycles. The molecular formula is C18H20N2O3. The molecule has 0 heterocycles. The molecule has 0 atom stereocenters. The van der Waals surface area contributed by atoms with Crippen LogP contribution in [0.15, 0.2) is 48.5 Å². The van der Waals surface area contributed by atoms with Gasteiger partial charge in [-0.05, 0) is 36.8 Å². The first-order valence-electron chi connectivity index (χ1n) is 7.46. The zero-order valence-electron chi connectivity index (χ0n) is 13.3.